The molecule has 0 radical (unpaired) electrons. The number of hydrogen-bond donors (Lipinski definition) is 1. The molecule has 4 heteroatoms. The number of benzene rings is 2. The normalized spacial score (nSPS) is 11.6. The van der Waals surface area contributed by atoms with E-state index in [1.807, 2.05) is 53.4 Å². The second-order valence-corrected chi connectivity index (χ2v) is 6.20. The zero-order valence-electron chi connectivity index (χ0n) is 14.2. The summed E-state index contributed by atoms with van der Waals surface area (Å²) in [6.07, 6.45) is 0.785. The van der Waals surface area contributed by atoms with Gasteiger partial charge in [0.1, 0.15) is 0 Å². The van der Waals surface area contributed by atoms with Gasteiger partial charge in [-0.1, -0.05) is 79.8 Å². The molecule has 0 saturated heterocycles. The molecule has 0 fully saturated rings. The maximum atomic E-state index is 12.2. The van der Waals surface area contributed by atoms with E-state index in [1.165, 1.54) is 5.56 Å². The van der Waals surface area contributed by atoms with Gasteiger partial charge < -0.3 is 10.2 Å². The quantitative estimate of drug-likeness (QED) is 0.775. The summed E-state index contributed by atoms with van der Waals surface area (Å²) in [7, 11) is 0. The van der Waals surface area contributed by atoms with Gasteiger partial charge in [-0.05, 0) is 17.5 Å². The maximum Gasteiger partial charge on any atom is 0.220 e. The number of nitrogens with zero attached hydrogens (tertiary/aromatic N) is 1. The Morgan fingerprint density at radius 3 is 2.08 bits per heavy atom. The van der Waals surface area contributed by atoms with Crippen LogP contribution in [0.5, 0.6) is 0 Å². The van der Waals surface area contributed by atoms with E-state index in [-0.39, 0.29) is 11.9 Å². The van der Waals surface area contributed by atoms with E-state index < -0.39 is 0 Å². The summed E-state index contributed by atoms with van der Waals surface area (Å²) in [6.45, 7) is 4.91. The summed E-state index contributed by atoms with van der Waals surface area (Å²) in [6, 6.07) is 20.0. The third-order valence-electron chi connectivity index (χ3n) is 3.98. The van der Waals surface area contributed by atoms with Gasteiger partial charge in [0.25, 0.3) is 0 Å². The number of carbonyl (C=O) groups excluding carboxylic acids is 1. The first-order valence-corrected chi connectivity index (χ1v) is 8.65. The van der Waals surface area contributed by atoms with Gasteiger partial charge in [0.15, 0.2) is 0 Å². The van der Waals surface area contributed by atoms with E-state index in [1.54, 1.807) is 6.92 Å². The third-order valence-corrected chi connectivity index (χ3v) is 4.39. The highest BCUT2D eigenvalue weighted by atomic mass is 32.1. The van der Waals surface area contributed by atoms with Crippen LogP contribution in [0.4, 0.5) is 0 Å². The molecule has 1 atom stereocenters. The molecule has 0 saturated carbocycles. The molecule has 2 aromatic rings. The van der Waals surface area contributed by atoms with Crippen LogP contribution < -0.4 is 5.32 Å². The fourth-order valence-electron chi connectivity index (χ4n) is 2.67. The maximum absolute atomic E-state index is 12.2. The molecule has 0 aliphatic carbocycles. The first kappa shape index (κ1) is 18.1. The van der Waals surface area contributed by atoms with Gasteiger partial charge in [-0.15, -0.1) is 0 Å². The lowest BCUT2D eigenvalue weighted by Gasteiger charge is -2.31. The van der Waals surface area contributed by atoms with Crippen LogP contribution in [0.1, 0.15) is 31.4 Å². The minimum Gasteiger partial charge on any atom is -0.374 e. The average Bonchev–Trinajstić information content (AvgIpc) is 2.61. The SMILES string of the molecule is CCC(C(=S)NCc1ccccc1)N(Cc1ccccc1)C(C)=O. The highest BCUT2D eigenvalue weighted by molar-refractivity contribution is 7.80. The molecule has 126 valence electrons. The summed E-state index contributed by atoms with van der Waals surface area (Å²) < 4.78 is 0. The largest absolute Gasteiger partial charge is 0.374 e. The van der Waals surface area contributed by atoms with Gasteiger partial charge in [-0.3, -0.25) is 4.79 Å². The van der Waals surface area contributed by atoms with Crippen LogP contribution in [0.15, 0.2) is 60.7 Å². The molecule has 0 bridgehead atoms. The van der Waals surface area contributed by atoms with Crippen LogP contribution in [0.3, 0.4) is 0 Å². The van der Waals surface area contributed by atoms with Crippen molar-refractivity contribution in [1.29, 1.82) is 0 Å². The van der Waals surface area contributed by atoms with E-state index >= 15 is 0 Å². The lowest BCUT2D eigenvalue weighted by atomic mass is 10.1. The Morgan fingerprint density at radius 2 is 1.58 bits per heavy atom. The molecule has 1 unspecified atom stereocenters. The number of hydrogen-bond acceptors (Lipinski definition) is 2. The lowest BCUT2D eigenvalue weighted by Crippen LogP contribution is -2.47. The predicted octanol–water partition coefficient (Wildman–Crippen LogP) is 3.93. The zero-order valence-corrected chi connectivity index (χ0v) is 15.1. The fraction of sp³-hybridized carbons (Fsp3) is 0.300. The highest BCUT2D eigenvalue weighted by Crippen LogP contribution is 2.13. The predicted molar refractivity (Wildman–Crippen MR) is 103 cm³/mol. The van der Waals surface area contributed by atoms with E-state index in [9.17, 15) is 4.79 Å². The molecule has 0 aliphatic rings. The van der Waals surface area contributed by atoms with E-state index in [0.29, 0.717) is 18.1 Å². The smallest absolute Gasteiger partial charge is 0.220 e. The zero-order chi connectivity index (χ0) is 17.4. The van der Waals surface area contributed by atoms with Gasteiger partial charge in [-0.25, -0.2) is 0 Å². The van der Waals surface area contributed by atoms with Crippen molar-refractivity contribution in [2.75, 3.05) is 0 Å². The third kappa shape index (κ3) is 5.17. The van der Waals surface area contributed by atoms with Crippen molar-refractivity contribution in [3.05, 3.63) is 71.8 Å². The van der Waals surface area contributed by atoms with Crippen molar-refractivity contribution in [3.8, 4) is 0 Å². The van der Waals surface area contributed by atoms with E-state index in [4.69, 9.17) is 12.2 Å². The van der Waals surface area contributed by atoms with Crippen molar-refractivity contribution < 1.29 is 4.79 Å². The molecule has 0 aliphatic heterocycles. The van der Waals surface area contributed by atoms with E-state index in [0.717, 1.165) is 12.0 Å². The second kappa shape index (κ2) is 9.18. The number of nitrogens with one attached hydrogen (secondary N) is 1. The summed E-state index contributed by atoms with van der Waals surface area (Å²) in [5.41, 5.74) is 2.28. The van der Waals surface area contributed by atoms with Gasteiger partial charge >= 0.3 is 0 Å². The van der Waals surface area contributed by atoms with Gasteiger partial charge in [0.05, 0.1) is 11.0 Å². The number of thiocarbonyl (C=S) groups is 1. The van der Waals surface area contributed by atoms with Gasteiger partial charge in [-0.2, -0.15) is 0 Å². The summed E-state index contributed by atoms with van der Waals surface area (Å²) in [4.78, 5) is 14.7. The monoisotopic (exact) mass is 340 g/mol. The second-order valence-electron chi connectivity index (χ2n) is 5.76. The average molecular weight is 340 g/mol. The van der Waals surface area contributed by atoms with Crippen molar-refractivity contribution in [2.24, 2.45) is 0 Å². The van der Waals surface area contributed by atoms with Crippen molar-refractivity contribution in [3.63, 3.8) is 0 Å². The van der Waals surface area contributed by atoms with Gasteiger partial charge in [0.2, 0.25) is 5.91 Å². The molecule has 0 aromatic heterocycles. The standard InChI is InChI=1S/C20H24N2OS/c1-3-19(20(24)21-14-17-10-6-4-7-11-17)22(16(2)23)15-18-12-8-5-9-13-18/h4-13,19H,3,14-15H2,1-2H3,(H,21,24). The summed E-state index contributed by atoms with van der Waals surface area (Å²) in [5, 5.41) is 3.31. The van der Waals surface area contributed by atoms with Crippen LogP contribution in [0.2, 0.25) is 0 Å². The Kier molecular flexibility index (Phi) is 6.94. The topological polar surface area (TPSA) is 32.3 Å². The van der Waals surface area contributed by atoms with Crippen molar-refractivity contribution >= 4 is 23.1 Å². The number of rotatable bonds is 7. The van der Waals surface area contributed by atoms with Crippen LogP contribution >= 0.6 is 12.2 Å². The first-order valence-electron chi connectivity index (χ1n) is 8.24. The van der Waals surface area contributed by atoms with Crippen molar-refractivity contribution in [2.45, 2.75) is 39.4 Å². The molecule has 1 N–H and O–H groups in total. The molecule has 2 aromatic carbocycles. The minimum absolute atomic E-state index is 0.0366. The Balaban J connectivity index is 2.05. The highest BCUT2D eigenvalue weighted by Gasteiger charge is 2.23. The Labute approximate surface area is 149 Å². The molecule has 24 heavy (non-hydrogen) atoms. The summed E-state index contributed by atoms with van der Waals surface area (Å²) in [5.74, 6) is 0.0366. The molecular weight excluding hydrogens is 316 g/mol. The Bertz CT molecular complexity index is 658. The Morgan fingerprint density at radius 1 is 1.04 bits per heavy atom. The minimum atomic E-state index is -0.0959. The van der Waals surface area contributed by atoms with Crippen LogP contribution in [-0.4, -0.2) is 21.8 Å². The van der Waals surface area contributed by atoms with Crippen molar-refractivity contribution in [1.82, 2.24) is 10.2 Å². The number of amides is 1. The van der Waals surface area contributed by atoms with E-state index in [2.05, 4.69) is 24.4 Å². The lowest BCUT2D eigenvalue weighted by molar-refractivity contribution is -0.130. The van der Waals surface area contributed by atoms with Crippen LogP contribution in [-0.2, 0) is 17.9 Å². The molecule has 1 amide bonds. The summed E-state index contributed by atoms with van der Waals surface area (Å²) >= 11 is 5.58. The van der Waals surface area contributed by atoms with Crippen LogP contribution in [0.25, 0.3) is 0 Å². The molecule has 0 spiro atoms. The fourth-order valence-corrected chi connectivity index (χ4v) is 3.04. The van der Waals surface area contributed by atoms with Crippen LogP contribution in [0, 0.1) is 0 Å². The number of carbonyl (C=O) groups is 1. The molecule has 2 rings (SSSR count). The molecule has 0 heterocycles. The molecule has 3 nitrogen and oxygen atoms in total. The van der Waals surface area contributed by atoms with Gasteiger partial charge in [0, 0.05) is 20.0 Å². The molecular formula is C20H24N2OS. The first-order chi connectivity index (χ1) is 11.6. The Hall–Kier alpha value is -2.20.